The fraction of sp³-hybridized carbons (Fsp3) is 0.263. The molecule has 8 nitrogen and oxygen atoms in total. The molecule has 2 heterocycles. The maximum absolute atomic E-state index is 11.6. The van der Waals surface area contributed by atoms with Crippen molar-refractivity contribution in [2.75, 3.05) is 12.0 Å². The van der Waals surface area contributed by atoms with Gasteiger partial charge in [0.1, 0.15) is 5.75 Å². The molecule has 0 spiro atoms. The molecule has 1 unspecified atom stereocenters. The first kappa shape index (κ1) is 18.5. The highest BCUT2D eigenvalue weighted by molar-refractivity contribution is 7.89. The number of anilines is 1. The number of primary sulfonamides is 1. The van der Waals surface area contributed by atoms with Crippen molar-refractivity contribution in [1.29, 1.82) is 0 Å². The zero-order chi connectivity index (χ0) is 19.9. The zero-order valence-electron chi connectivity index (χ0n) is 15.5. The van der Waals surface area contributed by atoms with Crippen LogP contribution in [0.3, 0.4) is 0 Å². The molecular weight excluding hydrogens is 380 g/mol. The molecule has 0 saturated heterocycles. The quantitative estimate of drug-likeness (QED) is 0.699. The van der Waals surface area contributed by atoms with E-state index < -0.39 is 10.0 Å². The van der Waals surface area contributed by atoms with Gasteiger partial charge < -0.3 is 14.2 Å². The monoisotopic (exact) mass is 400 g/mol. The Hall–Kier alpha value is -2.91. The molecule has 9 heteroatoms. The number of hydrogen-bond donors (Lipinski definition) is 1. The normalized spacial score (nSPS) is 16.2. The molecule has 0 bridgehead atoms. The van der Waals surface area contributed by atoms with Gasteiger partial charge in [-0.1, -0.05) is 17.3 Å². The zero-order valence-corrected chi connectivity index (χ0v) is 16.3. The number of aromatic nitrogens is 2. The third kappa shape index (κ3) is 3.46. The van der Waals surface area contributed by atoms with Gasteiger partial charge in [-0.25, -0.2) is 13.6 Å². The summed E-state index contributed by atoms with van der Waals surface area (Å²) in [4.78, 5) is 6.73. The van der Waals surface area contributed by atoms with E-state index in [0.29, 0.717) is 18.3 Å². The Kier molecular flexibility index (Phi) is 4.56. The van der Waals surface area contributed by atoms with Gasteiger partial charge in [-0.05, 0) is 49.2 Å². The van der Waals surface area contributed by atoms with Crippen molar-refractivity contribution in [1.82, 2.24) is 10.1 Å². The number of hydrogen-bond acceptors (Lipinski definition) is 7. The number of nitrogens with zero attached hydrogens (tertiary/aromatic N) is 3. The van der Waals surface area contributed by atoms with Crippen molar-refractivity contribution in [3.05, 3.63) is 53.9 Å². The molecule has 1 aliphatic heterocycles. The van der Waals surface area contributed by atoms with Gasteiger partial charge in [0, 0.05) is 17.3 Å². The summed E-state index contributed by atoms with van der Waals surface area (Å²) >= 11 is 0. The molecule has 0 fully saturated rings. The number of methoxy groups -OCH3 is 1. The Bertz CT molecular complexity index is 1130. The maximum atomic E-state index is 11.6. The van der Waals surface area contributed by atoms with Gasteiger partial charge in [0.25, 0.3) is 0 Å². The van der Waals surface area contributed by atoms with Gasteiger partial charge >= 0.3 is 0 Å². The summed E-state index contributed by atoms with van der Waals surface area (Å²) in [6.07, 6.45) is 0.718. The van der Waals surface area contributed by atoms with Gasteiger partial charge in [-0.15, -0.1) is 0 Å². The van der Waals surface area contributed by atoms with Crippen molar-refractivity contribution in [2.45, 2.75) is 30.8 Å². The molecule has 0 aliphatic carbocycles. The molecule has 0 saturated carbocycles. The average molecular weight is 400 g/mol. The van der Waals surface area contributed by atoms with Crippen LogP contribution >= 0.6 is 0 Å². The lowest BCUT2D eigenvalue weighted by Gasteiger charge is -2.22. The predicted octanol–water partition coefficient (Wildman–Crippen LogP) is 2.34. The van der Waals surface area contributed by atoms with Crippen molar-refractivity contribution in [2.24, 2.45) is 5.14 Å². The second kappa shape index (κ2) is 6.92. The number of rotatable bonds is 5. The molecule has 1 atom stereocenters. The standard InChI is InChI=1S/C19H20N4O4S/c1-12-8-14-10-16(28(20,24)25)6-7-17(14)23(12)11-18-21-19(22-27-18)13-4-3-5-15(9-13)26-2/h3-7,9-10,12H,8,11H2,1-2H3,(H2,20,24,25). The van der Waals surface area contributed by atoms with E-state index in [2.05, 4.69) is 22.0 Å². The van der Waals surface area contributed by atoms with E-state index in [-0.39, 0.29) is 10.9 Å². The lowest BCUT2D eigenvalue weighted by Crippen LogP contribution is -2.28. The number of sulfonamides is 1. The summed E-state index contributed by atoms with van der Waals surface area (Å²) < 4.78 is 33.9. The van der Waals surface area contributed by atoms with Crippen molar-refractivity contribution in [3.63, 3.8) is 0 Å². The van der Waals surface area contributed by atoms with Crippen LogP contribution in [0.25, 0.3) is 11.4 Å². The van der Waals surface area contributed by atoms with Crippen LogP contribution in [0.5, 0.6) is 5.75 Å². The van der Waals surface area contributed by atoms with E-state index in [0.717, 1.165) is 29.0 Å². The molecule has 3 aromatic rings. The third-order valence-electron chi connectivity index (χ3n) is 4.84. The first-order valence-corrected chi connectivity index (χ1v) is 10.3. The molecule has 0 radical (unpaired) electrons. The lowest BCUT2D eigenvalue weighted by molar-refractivity contribution is 0.374. The molecule has 4 rings (SSSR count). The first-order valence-electron chi connectivity index (χ1n) is 8.74. The van der Waals surface area contributed by atoms with E-state index in [9.17, 15) is 8.42 Å². The fourth-order valence-electron chi connectivity index (χ4n) is 3.43. The second-order valence-electron chi connectivity index (χ2n) is 6.76. The summed E-state index contributed by atoms with van der Waals surface area (Å²) in [6, 6.07) is 12.5. The summed E-state index contributed by atoms with van der Waals surface area (Å²) in [5.41, 5.74) is 2.69. The van der Waals surface area contributed by atoms with Crippen molar-refractivity contribution in [3.8, 4) is 17.1 Å². The third-order valence-corrected chi connectivity index (χ3v) is 5.75. The average Bonchev–Trinajstić information content (AvgIpc) is 3.26. The Labute approximate surface area is 163 Å². The highest BCUT2D eigenvalue weighted by Crippen LogP contribution is 2.35. The first-order chi connectivity index (χ1) is 13.3. The van der Waals surface area contributed by atoms with Crippen LogP contribution in [0, 0.1) is 0 Å². The van der Waals surface area contributed by atoms with E-state index >= 15 is 0 Å². The van der Waals surface area contributed by atoms with E-state index in [4.69, 9.17) is 14.4 Å². The molecule has 0 amide bonds. The molecule has 28 heavy (non-hydrogen) atoms. The topological polar surface area (TPSA) is 112 Å². The highest BCUT2D eigenvalue weighted by atomic mass is 32.2. The Balaban J connectivity index is 1.58. The Morgan fingerprint density at radius 2 is 2.11 bits per heavy atom. The van der Waals surface area contributed by atoms with Gasteiger partial charge in [0.05, 0.1) is 18.6 Å². The Morgan fingerprint density at radius 1 is 1.29 bits per heavy atom. The van der Waals surface area contributed by atoms with E-state index in [1.54, 1.807) is 19.2 Å². The van der Waals surface area contributed by atoms with Crippen LogP contribution in [-0.4, -0.2) is 31.7 Å². The van der Waals surface area contributed by atoms with Crippen LogP contribution in [0.1, 0.15) is 18.4 Å². The Morgan fingerprint density at radius 3 is 2.86 bits per heavy atom. The summed E-state index contributed by atoms with van der Waals surface area (Å²) in [6.45, 7) is 2.50. The largest absolute Gasteiger partial charge is 0.497 e. The number of nitrogens with two attached hydrogens (primary N) is 1. The summed E-state index contributed by atoms with van der Waals surface area (Å²) in [5, 5.41) is 9.31. The van der Waals surface area contributed by atoms with Crippen molar-refractivity contribution >= 4 is 15.7 Å². The molecule has 146 valence electrons. The minimum Gasteiger partial charge on any atom is -0.497 e. The number of ether oxygens (including phenoxy) is 1. The molecule has 2 aromatic carbocycles. The lowest BCUT2D eigenvalue weighted by atomic mass is 10.1. The van der Waals surface area contributed by atoms with Gasteiger partial charge in [-0.2, -0.15) is 4.98 Å². The highest BCUT2D eigenvalue weighted by Gasteiger charge is 2.28. The van der Waals surface area contributed by atoms with Crippen LogP contribution in [0.4, 0.5) is 5.69 Å². The molecule has 2 N–H and O–H groups in total. The van der Waals surface area contributed by atoms with Crippen molar-refractivity contribution < 1.29 is 17.7 Å². The van der Waals surface area contributed by atoms with Crippen LogP contribution < -0.4 is 14.8 Å². The predicted molar refractivity (Wildman–Crippen MR) is 103 cm³/mol. The summed E-state index contributed by atoms with van der Waals surface area (Å²) in [5.74, 6) is 1.69. The number of benzene rings is 2. The smallest absolute Gasteiger partial charge is 0.246 e. The van der Waals surface area contributed by atoms with Gasteiger partial charge in [-0.3, -0.25) is 0 Å². The minimum atomic E-state index is -3.72. The van der Waals surface area contributed by atoms with Gasteiger partial charge in [0.15, 0.2) is 0 Å². The fourth-order valence-corrected chi connectivity index (χ4v) is 4.00. The molecule has 1 aliphatic rings. The SMILES string of the molecule is COc1cccc(-c2noc(CN3c4ccc(S(N)(=O)=O)cc4CC3C)n2)c1. The minimum absolute atomic E-state index is 0.124. The van der Waals surface area contributed by atoms with Gasteiger partial charge in [0.2, 0.25) is 21.7 Å². The molecule has 1 aromatic heterocycles. The maximum Gasteiger partial charge on any atom is 0.246 e. The van der Waals surface area contributed by atoms with Crippen LogP contribution in [-0.2, 0) is 23.0 Å². The van der Waals surface area contributed by atoms with Crippen LogP contribution in [0.15, 0.2) is 51.9 Å². The van der Waals surface area contributed by atoms with E-state index in [1.807, 2.05) is 24.3 Å². The second-order valence-corrected chi connectivity index (χ2v) is 8.32. The van der Waals surface area contributed by atoms with E-state index in [1.165, 1.54) is 6.07 Å². The number of fused-ring (bicyclic) bond motifs is 1. The van der Waals surface area contributed by atoms with Crippen LogP contribution in [0.2, 0.25) is 0 Å². The molecular formula is C19H20N4O4S. The summed E-state index contributed by atoms with van der Waals surface area (Å²) in [7, 11) is -2.12.